The Kier molecular flexibility index (Phi) is 5.38. The minimum absolute atomic E-state index is 0.0383. The highest BCUT2D eigenvalue weighted by Crippen LogP contribution is 2.22. The van der Waals surface area contributed by atoms with E-state index in [1.165, 1.54) is 25.1 Å². The van der Waals surface area contributed by atoms with Crippen molar-refractivity contribution in [2.24, 2.45) is 0 Å². The van der Waals surface area contributed by atoms with Crippen molar-refractivity contribution in [2.45, 2.75) is 37.8 Å². The number of nitrogen functional groups attached to an aromatic ring is 1. The molecule has 0 fully saturated rings. The maximum atomic E-state index is 12.1. The molecule has 0 spiro atoms. The molecule has 0 saturated heterocycles. The van der Waals surface area contributed by atoms with Gasteiger partial charge in [-0.3, -0.25) is 4.79 Å². The van der Waals surface area contributed by atoms with Gasteiger partial charge in [-0.2, -0.15) is 4.72 Å². The van der Waals surface area contributed by atoms with E-state index in [-0.39, 0.29) is 21.6 Å². The lowest BCUT2D eigenvalue weighted by molar-refractivity contribution is -0.122. The standard InChI is InChI=1S/C12H18ClN3O3S/c1-7(2)15-12(17)8(3)16-20(18,19)9-4-5-10(13)11(14)6-9/h4-8,16H,14H2,1-3H3,(H,15,17). The summed E-state index contributed by atoms with van der Waals surface area (Å²) in [6.45, 7) is 5.05. The van der Waals surface area contributed by atoms with Crippen LogP contribution < -0.4 is 15.8 Å². The molecule has 0 aliphatic heterocycles. The average Bonchev–Trinajstić information content (AvgIpc) is 2.31. The lowest BCUT2D eigenvalue weighted by atomic mass is 10.3. The highest BCUT2D eigenvalue weighted by atomic mass is 35.5. The summed E-state index contributed by atoms with van der Waals surface area (Å²) >= 11 is 5.74. The molecule has 0 heterocycles. The van der Waals surface area contributed by atoms with Crippen LogP contribution >= 0.6 is 11.6 Å². The van der Waals surface area contributed by atoms with E-state index in [1.807, 2.05) is 0 Å². The molecule has 6 nitrogen and oxygen atoms in total. The number of hydrogen-bond acceptors (Lipinski definition) is 4. The maximum absolute atomic E-state index is 12.1. The van der Waals surface area contributed by atoms with Gasteiger partial charge in [-0.1, -0.05) is 11.6 Å². The van der Waals surface area contributed by atoms with E-state index in [1.54, 1.807) is 13.8 Å². The summed E-state index contributed by atoms with van der Waals surface area (Å²) in [5.41, 5.74) is 5.73. The van der Waals surface area contributed by atoms with Gasteiger partial charge in [0.05, 0.1) is 21.6 Å². The number of halogens is 1. The molecule has 1 atom stereocenters. The summed E-state index contributed by atoms with van der Waals surface area (Å²) in [5.74, 6) is -0.398. The summed E-state index contributed by atoms with van der Waals surface area (Å²) in [4.78, 5) is 11.7. The van der Waals surface area contributed by atoms with Gasteiger partial charge >= 0.3 is 0 Å². The molecule has 0 saturated carbocycles. The van der Waals surface area contributed by atoms with E-state index in [0.29, 0.717) is 0 Å². The highest BCUT2D eigenvalue weighted by molar-refractivity contribution is 7.89. The molecule has 0 bridgehead atoms. The first-order valence-corrected chi connectivity index (χ1v) is 7.87. The summed E-state index contributed by atoms with van der Waals surface area (Å²) in [5, 5.41) is 2.90. The largest absolute Gasteiger partial charge is 0.397 e. The topological polar surface area (TPSA) is 101 Å². The molecule has 1 unspecified atom stereocenters. The van der Waals surface area contributed by atoms with Gasteiger partial charge in [0, 0.05) is 6.04 Å². The van der Waals surface area contributed by atoms with Gasteiger partial charge < -0.3 is 11.1 Å². The minimum atomic E-state index is -3.83. The second-order valence-electron chi connectivity index (χ2n) is 4.69. The third-order valence-electron chi connectivity index (χ3n) is 2.43. The molecular weight excluding hydrogens is 302 g/mol. The number of carbonyl (C=O) groups excluding carboxylic acids is 1. The molecule has 8 heteroatoms. The van der Waals surface area contributed by atoms with Gasteiger partial charge in [-0.15, -0.1) is 0 Å². The lowest BCUT2D eigenvalue weighted by Crippen LogP contribution is -2.46. The second kappa shape index (κ2) is 6.43. The van der Waals surface area contributed by atoms with E-state index in [0.717, 1.165) is 0 Å². The van der Waals surface area contributed by atoms with Gasteiger partial charge in [-0.25, -0.2) is 8.42 Å². The third-order valence-corrected chi connectivity index (χ3v) is 4.32. The fourth-order valence-corrected chi connectivity index (χ4v) is 2.81. The number of hydrogen-bond donors (Lipinski definition) is 3. The number of amides is 1. The van der Waals surface area contributed by atoms with Crippen LogP contribution in [0.1, 0.15) is 20.8 Å². The number of rotatable bonds is 5. The average molecular weight is 320 g/mol. The summed E-state index contributed by atoms with van der Waals surface area (Å²) in [7, 11) is -3.83. The Labute approximate surface area is 123 Å². The first-order chi connectivity index (χ1) is 9.13. The van der Waals surface area contributed by atoms with Gasteiger partial charge in [0.25, 0.3) is 0 Å². The predicted octanol–water partition coefficient (Wildman–Crippen LogP) is 1.11. The number of sulfonamides is 1. The van der Waals surface area contributed by atoms with Gasteiger partial charge in [-0.05, 0) is 39.0 Å². The summed E-state index contributed by atoms with van der Waals surface area (Å²) in [6, 6.07) is 3.01. The Hall–Kier alpha value is -1.31. The molecule has 1 aromatic rings. The zero-order valence-electron chi connectivity index (χ0n) is 11.5. The first kappa shape index (κ1) is 16.7. The van der Waals surface area contributed by atoms with Crippen molar-refractivity contribution in [3.8, 4) is 0 Å². The van der Waals surface area contributed by atoms with Gasteiger partial charge in [0.1, 0.15) is 0 Å². The van der Waals surface area contributed by atoms with Crippen molar-refractivity contribution >= 4 is 33.2 Å². The van der Waals surface area contributed by atoms with Crippen LogP contribution in [0, 0.1) is 0 Å². The Morgan fingerprint density at radius 1 is 1.30 bits per heavy atom. The van der Waals surface area contributed by atoms with E-state index >= 15 is 0 Å². The normalized spacial score (nSPS) is 13.2. The number of benzene rings is 1. The number of nitrogens with two attached hydrogens (primary N) is 1. The molecule has 0 aliphatic rings. The fraction of sp³-hybridized carbons (Fsp3) is 0.417. The van der Waals surface area contributed by atoms with E-state index in [9.17, 15) is 13.2 Å². The predicted molar refractivity (Wildman–Crippen MR) is 78.9 cm³/mol. The van der Waals surface area contributed by atoms with Crippen LogP contribution in [0.25, 0.3) is 0 Å². The fourth-order valence-electron chi connectivity index (χ4n) is 1.45. The van der Waals surface area contributed by atoms with Crippen LogP contribution in [-0.2, 0) is 14.8 Å². The Morgan fingerprint density at radius 2 is 1.90 bits per heavy atom. The molecule has 0 radical (unpaired) electrons. The first-order valence-electron chi connectivity index (χ1n) is 6.01. The van der Waals surface area contributed by atoms with Crippen molar-refractivity contribution in [3.63, 3.8) is 0 Å². The van der Waals surface area contributed by atoms with Gasteiger partial charge in [0.15, 0.2) is 0 Å². The highest BCUT2D eigenvalue weighted by Gasteiger charge is 2.22. The molecule has 0 aromatic heterocycles. The molecule has 112 valence electrons. The molecule has 4 N–H and O–H groups in total. The maximum Gasteiger partial charge on any atom is 0.241 e. The smallest absolute Gasteiger partial charge is 0.241 e. The van der Waals surface area contributed by atoms with Crippen LogP contribution in [-0.4, -0.2) is 26.4 Å². The third kappa shape index (κ3) is 4.36. The van der Waals surface area contributed by atoms with Crippen LogP contribution in [0.4, 0.5) is 5.69 Å². The van der Waals surface area contributed by atoms with E-state index in [2.05, 4.69) is 10.0 Å². The number of nitrogens with one attached hydrogen (secondary N) is 2. The Morgan fingerprint density at radius 3 is 2.40 bits per heavy atom. The van der Waals surface area contributed by atoms with Crippen molar-refractivity contribution in [1.29, 1.82) is 0 Å². The van der Waals surface area contributed by atoms with Crippen molar-refractivity contribution in [1.82, 2.24) is 10.0 Å². The second-order valence-corrected chi connectivity index (χ2v) is 6.81. The number of anilines is 1. The molecule has 20 heavy (non-hydrogen) atoms. The quantitative estimate of drug-likeness (QED) is 0.708. The zero-order chi connectivity index (χ0) is 15.5. The summed E-state index contributed by atoms with van der Waals surface area (Å²) in [6.07, 6.45) is 0. The van der Waals surface area contributed by atoms with Gasteiger partial charge in [0.2, 0.25) is 15.9 Å². The molecular formula is C12H18ClN3O3S. The van der Waals surface area contributed by atoms with Crippen molar-refractivity contribution in [3.05, 3.63) is 23.2 Å². The van der Waals surface area contributed by atoms with E-state index < -0.39 is 22.0 Å². The van der Waals surface area contributed by atoms with Crippen LogP contribution in [0.3, 0.4) is 0 Å². The van der Waals surface area contributed by atoms with E-state index in [4.69, 9.17) is 17.3 Å². The SMILES string of the molecule is CC(C)NC(=O)C(C)NS(=O)(=O)c1ccc(Cl)c(N)c1. The lowest BCUT2D eigenvalue weighted by Gasteiger charge is -2.16. The van der Waals surface area contributed by atoms with Crippen LogP contribution in [0.5, 0.6) is 0 Å². The van der Waals surface area contributed by atoms with Crippen LogP contribution in [0.2, 0.25) is 5.02 Å². The molecule has 1 amide bonds. The molecule has 1 rings (SSSR count). The summed E-state index contributed by atoms with van der Waals surface area (Å²) < 4.78 is 26.5. The molecule has 1 aromatic carbocycles. The Balaban J connectivity index is 2.89. The van der Waals surface area contributed by atoms with Crippen molar-refractivity contribution < 1.29 is 13.2 Å². The monoisotopic (exact) mass is 319 g/mol. The zero-order valence-corrected chi connectivity index (χ0v) is 13.0. The van der Waals surface area contributed by atoms with Crippen molar-refractivity contribution in [2.75, 3.05) is 5.73 Å². The minimum Gasteiger partial charge on any atom is -0.397 e. The molecule has 0 aliphatic carbocycles. The number of carbonyl (C=O) groups is 1. The Bertz CT molecular complexity index is 602. The van der Waals surface area contributed by atoms with Crippen LogP contribution in [0.15, 0.2) is 23.1 Å².